The van der Waals surface area contributed by atoms with Crippen LogP contribution in [0.1, 0.15) is 39.0 Å². The van der Waals surface area contributed by atoms with Crippen LogP contribution < -0.4 is 4.90 Å². The van der Waals surface area contributed by atoms with Crippen LogP contribution in [0.2, 0.25) is 0 Å². The lowest BCUT2D eigenvalue weighted by Crippen LogP contribution is -2.67. The standard InChI is InChI=1S/C25H23FN2O2S/c1-17-10-11-21(31-17)23(29)27-14-12-25(13-15-27)22(18-6-3-2-4-7-18)28(24(25)30)20-9-5-8-19(26)16-20/h2-11,16,22H,12-15H2,1H3. The van der Waals surface area contributed by atoms with Gasteiger partial charge in [-0.1, -0.05) is 36.4 Å². The Kier molecular flexibility index (Phi) is 4.89. The van der Waals surface area contributed by atoms with Crippen LogP contribution in [0, 0.1) is 18.2 Å². The molecule has 3 heterocycles. The topological polar surface area (TPSA) is 40.6 Å². The smallest absolute Gasteiger partial charge is 0.263 e. The largest absolute Gasteiger partial charge is 0.338 e. The van der Waals surface area contributed by atoms with Crippen LogP contribution in [0.3, 0.4) is 0 Å². The minimum atomic E-state index is -0.560. The third-order valence-corrected chi connectivity index (χ3v) is 7.51. The monoisotopic (exact) mass is 434 g/mol. The zero-order chi connectivity index (χ0) is 21.6. The second kappa shape index (κ2) is 7.61. The van der Waals surface area contributed by atoms with Crippen molar-refractivity contribution in [2.45, 2.75) is 25.8 Å². The summed E-state index contributed by atoms with van der Waals surface area (Å²) < 4.78 is 13.9. The molecular weight excluding hydrogens is 411 g/mol. The highest BCUT2D eigenvalue weighted by Crippen LogP contribution is 2.57. The van der Waals surface area contributed by atoms with Gasteiger partial charge in [0.2, 0.25) is 5.91 Å². The van der Waals surface area contributed by atoms with Crippen molar-refractivity contribution in [1.29, 1.82) is 0 Å². The number of halogens is 1. The summed E-state index contributed by atoms with van der Waals surface area (Å²) >= 11 is 1.50. The third-order valence-electron chi connectivity index (χ3n) is 6.52. The minimum absolute atomic E-state index is 0.0195. The van der Waals surface area contributed by atoms with E-state index in [0.29, 0.717) is 31.6 Å². The Morgan fingerprint density at radius 2 is 1.77 bits per heavy atom. The van der Waals surface area contributed by atoms with Crippen molar-refractivity contribution in [3.8, 4) is 0 Å². The number of hydrogen-bond acceptors (Lipinski definition) is 3. The molecule has 31 heavy (non-hydrogen) atoms. The second-order valence-electron chi connectivity index (χ2n) is 8.33. The zero-order valence-corrected chi connectivity index (χ0v) is 18.1. The van der Waals surface area contributed by atoms with E-state index in [2.05, 4.69) is 0 Å². The first-order chi connectivity index (χ1) is 15.0. The fourth-order valence-electron chi connectivity index (χ4n) is 4.95. The molecule has 2 saturated heterocycles. The average Bonchev–Trinajstić information content (AvgIpc) is 3.23. The van der Waals surface area contributed by atoms with Gasteiger partial charge in [0, 0.05) is 23.7 Å². The van der Waals surface area contributed by atoms with Crippen LogP contribution in [0.15, 0.2) is 66.7 Å². The van der Waals surface area contributed by atoms with Gasteiger partial charge in [0.05, 0.1) is 16.3 Å². The molecule has 1 spiro atoms. The van der Waals surface area contributed by atoms with Crippen LogP contribution >= 0.6 is 11.3 Å². The van der Waals surface area contributed by atoms with E-state index in [-0.39, 0.29) is 23.7 Å². The van der Waals surface area contributed by atoms with Crippen LogP contribution in [0.4, 0.5) is 10.1 Å². The van der Waals surface area contributed by atoms with Gasteiger partial charge in [-0.15, -0.1) is 11.3 Å². The maximum atomic E-state index is 13.9. The lowest BCUT2D eigenvalue weighted by atomic mass is 9.62. The number of piperidine rings is 1. The number of anilines is 1. The van der Waals surface area contributed by atoms with E-state index in [1.807, 2.05) is 54.3 Å². The summed E-state index contributed by atoms with van der Waals surface area (Å²) in [7, 11) is 0. The quantitative estimate of drug-likeness (QED) is 0.531. The fourth-order valence-corrected chi connectivity index (χ4v) is 5.79. The summed E-state index contributed by atoms with van der Waals surface area (Å²) in [5, 5.41) is 0. The Balaban J connectivity index is 1.43. The number of hydrogen-bond donors (Lipinski definition) is 0. The Bertz CT molecular complexity index is 1140. The normalized spacial score (nSPS) is 20.1. The molecular formula is C25H23FN2O2S. The molecule has 1 unspecified atom stereocenters. The molecule has 2 amide bonds. The summed E-state index contributed by atoms with van der Waals surface area (Å²) in [5.41, 5.74) is 1.06. The highest BCUT2D eigenvalue weighted by atomic mass is 32.1. The van der Waals surface area contributed by atoms with E-state index < -0.39 is 5.41 Å². The summed E-state index contributed by atoms with van der Waals surface area (Å²) in [6.07, 6.45) is 1.21. The number of amides is 2. The molecule has 0 saturated carbocycles. The van der Waals surface area contributed by atoms with Gasteiger partial charge in [-0.05, 0) is 55.7 Å². The van der Waals surface area contributed by atoms with Crippen molar-refractivity contribution in [3.05, 3.63) is 87.9 Å². The van der Waals surface area contributed by atoms with E-state index in [0.717, 1.165) is 15.3 Å². The van der Waals surface area contributed by atoms with Crippen LogP contribution in [-0.4, -0.2) is 29.8 Å². The van der Waals surface area contributed by atoms with Crippen molar-refractivity contribution in [3.63, 3.8) is 0 Å². The molecule has 0 aliphatic carbocycles. The maximum absolute atomic E-state index is 13.9. The van der Waals surface area contributed by atoms with Crippen LogP contribution in [-0.2, 0) is 4.79 Å². The first kappa shape index (κ1) is 19.9. The molecule has 0 N–H and O–H groups in total. The van der Waals surface area contributed by atoms with E-state index in [1.165, 1.54) is 23.5 Å². The summed E-state index contributed by atoms with van der Waals surface area (Å²) in [4.78, 5) is 31.8. The first-order valence-corrected chi connectivity index (χ1v) is 11.3. The van der Waals surface area contributed by atoms with Crippen LogP contribution in [0.25, 0.3) is 0 Å². The van der Waals surface area contributed by atoms with Gasteiger partial charge >= 0.3 is 0 Å². The number of likely N-dealkylation sites (tertiary alicyclic amines) is 1. The molecule has 5 rings (SSSR count). The zero-order valence-electron chi connectivity index (χ0n) is 17.3. The van der Waals surface area contributed by atoms with Gasteiger partial charge in [0.25, 0.3) is 5.91 Å². The van der Waals surface area contributed by atoms with Crippen molar-refractivity contribution < 1.29 is 14.0 Å². The number of rotatable bonds is 3. The average molecular weight is 435 g/mol. The van der Waals surface area contributed by atoms with E-state index in [4.69, 9.17) is 0 Å². The molecule has 0 bridgehead atoms. The number of thiophene rings is 1. The first-order valence-electron chi connectivity index (χ1n) is 10.5. The van der Waals surface area contributed by atoms with Crippen molar-refractivity contribution >= 4 is 28.8 Å². The molecule has 2 fully saturated rings. The molecule has 1 aromatic heterocycles. The van der Waals surface area contributed by atoms with Gasteiger partial charge < -0.3 is 9.80 Å². The molecule has 2 aromatic carbocycles. The number of β-lactam (4-membered cyclic amide) rings is 1. The fraction of sp³-hybridized carbons (Fsp3) is 0.280. The Morgan fingerprint density at radius 3 is 2.42 bits per heavy atom. The molecule has 2 aliphatic heterocycles. The van der Waals surface area contributed by atoms with Gasteiger partial charge in [-0.3, -0.25) is 9.59 Å². The van der Waals surface area contributed by atoms with Gasteiger partial charge in [-0.2, -0.15) is 0 Å². The Hall–Kier alpha value is -2.99. The molecule has 0 radical (unpaired) electrons. The molecule has 6 heteroatoms. The third kappa shape index (κ3) is 3.26. The van der Waals surface area contributed by atoms with Crippen LogP contribution in [0.5, 0.6) is 0 Å². The summed E-state index contributed by atoms with van der Waals surface area (Å²) in [5.74, 6) is -0.297. The highest BCUT2D eigenvalue weighted by molar-refractivity contribution is 7.13. The number of carbonyl (C=O) groups is 2. The number of aryl methyl sites for hydroxylation is 1. The second-order valence-corrected chi connectivity index (χ2v) is 9.61. The van der Waals surface area contributed by atoms with E-state index >= 15 is 0 Å². The van der Waals surface area contributed by atoms with E-state index in [1.54, 1.807) is 17.0 Å². The minimum Gasteiger partial charge on any atom is -0.338 e. The van der Waals surface area contributed by atoms with Gasteiger partial charge in [0.1, 0.15) is 5.82 Å². The SMILES string of the molecule is Cc1ccc(C(=O)N2CCC3(CC2)C(=O)N(c2cccc(F)c2)C3c2ccccc2)s1. The number of benzene rings is 2. The predicted molar refractivity (Wildman–Crippen MR) is 120 cm³/mol. The summed E-state index contributed by atoms with van der Waals surface area (Å²) in [6, 6.07) is 19.8. The number of carbonyl (C=O) groups excluding carboxylic acids is 2. The predicted octanol–water partition coefficient (Wildman–Crippen LogP) is 5.21. The Labute approximate surface area is 184 Å². The highest BCUT2D eigenvalue weighted by Gasteiger charge is 2.62. The maximum Gasteiger partial charge on any atom is 0.263 e. The Morgan fingerprint density at radius 1 is 1.03 bits per heavy atom. The lowest BCUT2D eigenvalue weighted by Gasteiger charge is -2.59. The van der Waals surface area contributed by atoms with Crippen molar-refractivity contribution in [1.82, 2.24) is 4.90 Å². The molecule has 3 aromatic rings. The number of nitrogens with zero attached hydrogens (tertiary/aromatic N) is 2. The van der Waals surface area contributed by atoms with Crippen molar-refractivity contribution in [2.75, 3.05) is 18.0 Å². The molecule has 158 valence electrons. The van der Waals surface area contributed by atoms with Gasteiger partial charge in [0.15, 0.2) is 0 Å². The van der Waals surface area contributed by atoms with Gasteiger partial charge in [-0.25, -0.2) is 4.39 Å². The lowest BCUT2D eigenvalue weighted by molar-refractivity contribution is -0.144. The van der Waals surface area contributed by atoms with Crippen molar-refractivity contribution in [2.24, 2.45) is 5.41 Å². The molecule has 1 atom stereocenters. The van der Waals surface area contributed by atoms with E-state index in [9.17, 15) is 14.0 Å². The summed E-state index contributed by atoms with van der Waals surface area (Å²) in [6.45, 7) is 3.08. The molecule has 2 aliphatic rings. The molecule has 4 nitrogen and oxygen atoms in total.